The predicted octanol–water partition coefficient (Wildman–Crippen LogP) is 3.74. The molecule has 7 nitrogen and oxygen atoms in total. The highest BCUT2D eigenvalue weighted by molar-refractivity contribution is 6.07. The normalized spacial score (nSPS) is 14.8. The van der Waals surface area contributed by atoms with Gasteiger partial charge in [0.25, 0.3) is 5.91 Å². The number of benzene rings is 1. The molecule has 0 aliphatic carbocycles. The zero-order valence-electron chi connectivity index (χ0n) is 18.0. The minimum Gasteiger partial charge on any atom is -0.497 e. The van der Waals surface area contributed by atoms with Crippen molar-refractivity contribution in [3.8, 4) is 5.75 Å². The average molecular weight is 408 g/mol. The van der Waals surface area contributed by atoms with Crippen LogP contribution in [0.1, 0.15) is 31.1 Å². The SMILES string of the molecule is COc1ccc2[nH]cc(C(=O)N3CCN(c4ncccc4NC(C)(C)C)CC3)c2c1. The van der Waals surface area contributed by atoms with Crippen LogP contribution in [0.4, 0.5) is 11.5 Å². The van der Waals surface area contributed by atoms with Crippen LogP contribution in [0.3, 0.4) is 0 Å². The van der Waals surface area contributed by atoms with E-state index >= 15 is 0 Å². The van der Waals surface area contributed by atoms with E-state index in [0.29, 0.717) is 18.7 Å². The largest absolute Gasteiger partial charge is 0.497 e. The zero-order chi connectivity index (χ0) is 21.3. The lowest BCUT2D eigenvalue weighted by Gasteiger charge is -2.37. The van der Waals surface area contributed by atoms with E-state index in [4.69, 9.17) is 4.74 Å². The van der Waals surface area contributed by atoms with Crippen LogP contribution in [0.5, 0.6) is 5.75 Å². The Morgan fingerprint density at radius 1 is 1.17 bits per heavy atom. The van der Waals surface area contributed by atoms with Crippen LogP contribution < -0.4 is 15.0 Å². The van der Waals surface area contributed by atoms with Crippen molar-refractivity contribution < 1.29 is 9.53 Å². The molecule has 0 unspecified atom stereocenters. The van der Waals surface area contributed by atoms with Crippen LogP contribution in [-0.4, -0.2) is 59.6 Å². The molecule has 0 saturated carbocycles. The van der Waals surface area contributed by atoms with E-state index in [1.54, 1.807) is 13.3 Å². The first kappa shape index (κ1) is 20.1. The fraction of sp³-hybridized carbons (Fsp3) is 0.391. The molecule has 0 radical (unpaired) electrons. The number of H-pyrrole nitrogens is 1. The highest BCUT2D eigenvalue weighted by Gasteiger charge is 2.26. The van der Waals surface area contributed by atoms with Gasteiger partial charge in [0.2, 0.25) is 0 Å². The first-order valence-corrected chi connectivity index (χ1v) is 10.3. The van der Waals surface area contributed by atoms with Gasteiger partial charge in [-0.2, -0.15) is 0 Å². The molecule has 2 aromatic heterocycles. The van der Waals surface area contributed by atoms with Crippen LogP contribution in [0.15, 0.2) is 42.7 Å². The summed E-state index contributed by atoms with van der Waals surface area (Å²) < 4.78 is 5.32. The third-order valence-corrected chi connectivity index (χ3v) is 5.28. The molecular weight excluding hydrogens is 378 g/mol. The average Bonchev–Trinajstić information content (AvgIpc) is 3.16. The number of carbonyl (C=O) groups is 1. The Morgan fingerprint density at radius 2 is 1.93 bits per heavy atom. The summed E-state index contributed by atoms with van der Waals surface area (Å²) in [5, 5.41) is 4.43. The maximum Gasteiger partial charge on any atom is 0.256 e. The van der Waals surface area contributed by atoms with Crippen LogP contribution in [0.2, 0.25) is 0 Å². The topological polar surface area (TPSA) is 73.5 Å². The van der Waals surface area contributed by atoms with E-state index in [1.165, 1.54) is 0 Å². The smallest absolute Gasteiger partial charge is 0.256 e. The predicted molar refractivity (Wildman–Crippen MR) is 121 cm³/mol. The number of fused-ring (bicyclic) bond motifs is 1. The standard InChI is InChI=1S/C23H29N5O2/c1-23(2,3)26-20-6-5-9-24-21(20)27-10-12-28(13-11-27)22(29)18-15-25-19-8-7-16(30-4)14-17(18)19/h5-9,14-15,25-26H,10-13H2,1-4H3. The van der Waals surface area contributed by atoms with Crippen molar-refractivity contribution in [1.82, 2.24) is 14.9 Å². The lowest BCUT2D eigenvalue weighted by atomic mass is 10.1. The number of ether oxygens (including phenoxy) is 1. The number of pyridine rings is 1. The number of hydrogen-bond acceptors (Lipinski definition) is 5. The molecule has 1 aliphatic rings. The molecule has 1 aromatic carbocycles. The fourth-order valence-electron chi connectivity index (χ4n) is 3.85. The quantitative estimate of drug-likeness (QED) is 0.689. The summed E-state index contributed by atoms with van der Waals surface area (Å²) >= 11 is 0. The number of carbonyl (C=O) groups excluding carboxylic acids is 1. The number of anilines is 2. The first-order valence-electron chi connectivity index (χ1n) is 10.3. The van der Waals surface area contributed by atoms with Gasteiger partial charge in [-0.3, -0.25) is 4.79 Å². The lowest BCUT2D eigenvalue weighted by Crippen LogP contribution is -2.49. The molecule has 158 valence electrons. The molecule has 0 atom stereocenters. The number of hydrogen-bond donors (Lipinski definition) is 2. The number of methoxy groups -OCH3 is 1. The van der Waals surface area contributed by atoms with Crippen molar-refractivity contribution in [2.45, 2.75) is 26.3 Å². The summed E-state index contributed by atoms with van der Waals surface area (Å²) in [6.45, 7) is 9.20. The second kappa shape index (κ2) is 7.89. The third-order valence-electron chi connectivity index (χ3n) is 5.28. The van der Waals surface area contributed by atoms with Gasteiger partial charge in [-0.15, -0.1) is 0 Å². The van der Waals surface area contributed by atoms with Crippen molar-refractivity contribution in [3.05, 3.63) is 48.3 Å². The van der Waals surface area contributed by atoms with Crippen molar-refractivity contribution >= 4 is 28.3 Å². The fourth-order valence-corrected chi connectivity index (χ4v) is 3.85. The summed E-state index contributed by atoms with van der Waals surface area (Å²) in [6, 6.07) is 9.75. The minimum absolute atomic E-state index is 0.0446. The van der Waals surface area contributed by atoms with Gasteiger partial charge in [-0.25, -0.2) is 4.98 Å². The maximum absolute atomic E-state index is 13.2. The van der Waals surface area contributed by atoms with Crippen LogP contribution >= 0.6 is 0 Å². The van der Waals surface area contributed by atoms with E-state index in [-0.39, 0.29) is 11.4 Å². The third kappa shape index (κ3) is 4.06. The summed E-state index contributed by atoms with van der Waals surface area (Å²) in [7, 11) is 1.63. The monoisotopic (exact) mass is 407 g/mol. The molecule has 0 bridgehead atoms. The Labute approximate surface area is 177 Å². The highest BCUT2D eigenvalue weighted by Crippen LogP contribution is 2.28. The summed E-state index contributed by atoms with van der Waals surface area (Å²) in [4.78, 5) is 25.2. The maximum atomic E-state index is 13.2. The Bertz CT molecular complexity index is 1050. The summed E-state index contributed by atoms with van der Waals surface area (Å²) in [5.41, 5.74) is 2.59. The van der Waals surface area contributed by atoms with Gasteiger partial charge in [-0.05, 0) is 51.1 Å². The van der Waals surface area contributed by atoms with Crippen LogP contribution in [0.25, 0.3) is 10.9 Å². The second-order valence-corrected chi connectivity index (χ2v) is 8.64. The first-order chi connectivity index (χ1) is 14.4. The molecular formula is C23H29N5O2. The Morgan fingerprint density at radius 3 is 2.63 bits per heavy atom. The van der Waals surface area contributed by atoms with E-state index in [2.05, 4.69) is 47.0 Å². The molecule has 2 N–H and O–H groups in total. The molecule has 4 rings (SSSR count). The van der Waals surface area contributed by atoms with Crippen molar-refractivity contribution in [3.63, 3.8) is 0 Å². The molecule has 30 heavy (non-hydrogen) atoms. The highest BCUT2D eigenvalue weighted by atomic mass is 16.5. The Hall–Kier alpha value is -3.22. The number of nitrogens with zero attached hydrogens (tertiary/aromatic N) is 3. The van der Waals surface area contributed by atoms with E-state index in [9.17, 15) is 4.79 Å². The number of rotatable bonds is 4. The molecule has 1 aliphatic heterocycles. The molecule has 1 amide bonds. The van der Waals surface area contributed by atoms with E-state index in [1.807, 2.05) is 35.4 Å². The second-order valence-electron chi connectivity index (χ2n) is 8.64. The van der Waals surface area contributed by atoms with E-state index in [0.717, 1.165) is 41.2 Å². The van der Waals surface area contributed by atoms with Gasteiger partial charge in [0.1, 0.15) is 5.75 Å². The van der Waals surface area contributed by atoms with Gasteiger partial charge < -0.3 is 24.8 Å². The zero-order valence-corrected chi connectivity index (χ0v) is 18.0. The van der Waals surface area contributed by atoms with Crippen molar-refractivity contribution in [2.24, 2.45) is 0 Å². The summed E-state index contributed by atoms with van der Waals surface area (Å²) in [5.74, 6) is 1.73. The molecule has 0 spiro atoms. The number of aromatic nitrogens is 2. The van der Waals surface area contributed by atoms with Gasteiger partial charge in [0, 0.05) is 55.0 Å². The Balaban J connectivity index is 1.49. The van der Waals surface area contributed by atoms with Gasteiger partial charge >= 0.3 is 0 Å². The summed E-state index contributed by atoms with van der Waals surface area (Å²) in [6.07, 6.45) is 3.61. The number of aromatic amines is 1. The van der Waals surface area contributed by atoms with Gasteiger partial charge in [-0.1, -0.05) is 0 Å². The minimum atomic E-state index is -0.0496. The van der Waals surface area contributed by atoms with Crippen molar-refractivity contribution in [1.29, 1.82) is 0 Å². The molecule has 1 saturated heterocycles. The van der Waals surface area contributed by atoms with Crippen molar-refractivity contribution in [2.75, 3.05) is 43.5 Å². The number of amides is 1. The molecule has 3 heterocycles. The number of nitrogens with one attached hydrogen (secondary N) is 2. The van der Waals surface area contributed by atoms with Crippen LogP contribution in [0, 0.1) is 0 Å². The van der Waals surface area contributed by atoms with Crippen LogP contribution in [-0.2, 0) is 0 Å². The van der Waals surface area contributed by atoms with Gasteiger partial charge in [0.15, 0.2) is 5.82 Å². The molecule has 1 fully saturated rings. The molecule has 3 aromatic rings. The van der Waals surface area contributed by atoms with E-state index < -0.39 is 0 Å². The van der Waals surface area contributed by atoms with Gasteiger partial charge in [0.05, 0.1) is 18.4 Å². The number of piperazine rings is 1. The Kier molecular flexibility index (Phi) is 5.28. The lowest BCUT2D eigenvalue weighted by molar-refractivity contribution is 0.0748. The molecule has 7 heteroatoms.